The molecule has 1 aromatic rings. The molecule has 0 radical (unpaired) electrons. The molecule has 2 rings (SSSR count). The summed E-state index contributed by atoms with van der Waals surface area (Å²) in [6, 6.07) is 4.96. The molecule has 0 aromatic heterocycles. The Kier molecular flexibility index (Phi) is 4.63. The molecule has 3 unspecified atom stereocenters. The Hall–Kier alpha value is -1.07. The summed E-state index contributed by atoms with van der Waals surface area (Å²) >= 11 is 0. The monoisotopic (exact) mass is 301 g/mol. The first-order valence-electron chi connectivity index (χ1n) is 7.37. The van der Waals surface area contributed by atoms with Crippen molar-refractivity contribution in [3.8, 4) is 0 Å². The highest BCUT2D eigenvalue weighted by Gasteiger charge is 2.44. The van der Waals surface area contributed by atoms with Crippen molar-refractivity contribution in [3.63, 3.8) is 0 Å². The molecular formula is C16H22F3NO. The molecule has 3 atom stereocenters. The number of alkyl halides is 3. The molecule has 0 heterocycles. The number of rotatable bonds is 4. The zero-order valence-electron chi connectivity index (χ0n) is 12.2. The molecule has 0 saturated heterocycles. The lowest BCUT2D eigenvalue weighted by atomic mass is 9.76. The average Bonchev–Trinajstić information content (AvgIpc) is 2.90. The van der Waals surface area contributed by atoms with Gasteiger partial charge in [0.05, 0.1) is 11.7 Å². The fourth-order valence-corrected chi connectivity index (χ4v) is 3.40. The van der Waals surface area contributed by atoms with E-state index in [-0.39, 0.29) is 0 Å². The fraction of sp³-hybridized carbons (Fsp3) is 0.625. The zero-order chi connectivity index (χ0) is 15.7. The molecule has 1 aliphatic carbocycles. The number of nitrogens with two attached hydrogens (primary N) is 1. The summed E-state index contributed by atoms with van der Waals surface area (Å²) in [5.74, 6) is 0.494. The average molecular weight is 301 g/mol. The van der Waals surface area contributed by atoms with Crippen molar-refractivity contribution in [2.45, 2.75) is 44.9 Å². The Bertz CT molecular complexity index is 489. The Morgan fingerprint density at radius 3 is 2.67 bits per heavy atom. The Morgan fingerprint density at radius 1 is 1.43 bits per heavy atom. The Morgan fingerprint density at radius 2 is 2.14 bits per heavy atom. The number of halogens is 3. The highest BCUT2D eigenvalue weighted by Crippen LogP contribution is 2.50. The van der Waals surface area contributed by atoms with Gasteiger partial charge in [0.1, 0.15) is 0 Å². The summed E-state index contributed by atoms with van der Waals surface area (Å²) in [5.41, 5.74) is 4.96. The van der Waals surface area contributed by atoms with Gasteiger partial charge in [0, 0.05) is 12.0 Å². The van der Waals surface area contributed by atoms with Crippen LogP contribution < -0.4 is 5.73 Å². The smallest absolute Gasteiger partial charge is 0.388 e. The maximum Gasteiger partial charge on any atom is 0.416 e. The lowest BCUT2D eigenvalue weighted by Crippen LogP contribution is -2.34. The molecule has 21 heavy (non-hydrogen) atoms. The quantitative estimate of drug-likeness (QED) is 0.886. The van der Waals surface area contributed by atoms with E-state index in [1.807, 2.05) is 0 Å². The molecule has 5 heteroatoms. The van der Waals surface area contributed by atoms with Gasteiger partial charge in [-0.3, -0.25) is 0 Å². The maximum atomic E-state index is 12.8. The van der Waals surface area contributed by atoms with E-state index in [2.05, 4.69) is 6.92 Å². The third-order valence-corrected chi connectivity index (χ3v) is 4.84. The van der Waals surface area contributed by atoms with E-state index in [0.29, 0.717) is 18.0 Å². The van der Waals surface area contributed by atoms with Gasteiger partial charge in [0.2, 0.25) is 0 Å². The molecule has 0 amide bonds. The summed E-state index contributed by atoms with van der Waals surface area (Å²) < 4.78 is 38.4. The number of aliphatic hydroxyl groups excluding tert-OH is 1. The van der Waals surface area contributed by atoms with Gasteiger partial charge < -0.3 is 10.8 Å². The zero-order valence-corrected chi connectivity index (χ0v) is 12.2. The highest BCUT2D eigenvalue weighted by molar-refractivity contribution is 5.28. The molecule has 0 bridgehead atoms. The molecule has 0 aliphatic heterocycles. The number of aliphatic hydroxyl groups is 1. The van der Waals surface area contributed by atoms with Crippen molar-refractivity contribution in [1.29, 1.82) is 0 Å². The minimum Gasteiger partial charge on any atom is -0.388 e. The first-order chi connectivity index (χ1) is 9.82. The van der Waals surface area contributed by atoms with E-state index in [1.165, 1.54) is 6.07 Å². The second-order valence-corrected chi connectivity index (χ2v) is 6.11. The second kappa shape index (κ2) is 5.97. The highest BCUT2D eigenvalue weighted by atomic mass is 19.4. The summed E-state index contributed by atoms with van der Waals surface area (Å²) in [4.78, 5) is 0. The maximum absolute atomic E-state index is 12.8. The topological polar surface area (TPSA) is 46.2 Å². The van der Waals surface area contributed by atoms with Crippen LogP contribution >= 0.6 is 0 Å². The fourth-order valence-electron chi connectivity index (χ4n) is 3.40. The van der Waals surface area contributed by atoms with Crippen LogP contribution in [0.1, 0.15) is 49.8 Å². The van der Waals surface area contributed by atoms with E-state index in [4.69, 9.17) is 5.73 Å². The number of hydrogen-bond donors (Lipinski definition) is 2. The predicted molar refractivity (Wildman–Crippen MR) is 75.5 cm³/mol. The SMILES string of the molecule is CCC1CCC(CN)(C(O)c2cccc(C(F)(F)F)c2)C1. The number of benzene rings is 1. The van der Waals surface area contributed by atoms with Gasteiger partial charge in [-0.15, -0.1) is 0 Å². The van der Waals surface area contributed by atoms with Crippen LogP contribution in [0.25, 0.3) is 0 Å². The standard InChI is InChI=1S/C16H22F3NO/c1-2-11-6-7-15(9-11,10-20)14(21)12-4-3-5-13(8-12)16(17,18)19/h3-5,8,11,14,21H,2,6-7,9-10,20H2,1H3. The minimum atomic E-state index is -4.40. The van der Waals surface area contributed by atoms with Gasteiger partial charge in [-0.2, -0.15) is 13.2 Å². The van der Waals surface area contributed by atoms with E-state index in [0.717, 1.165) is 37.8 Å². The normalized spacial score (nSPS) is 27.8. The molecule has 1 fully saturated rings. The summed E-state index contributed by atoms with van der Waals surface area (Å²) in [6.45, 7) is 2.38. The van der Waals surface area contributed by atoms with Gasteiger partial charge in [-0.1, -0.05) is 25.5 Å². The number of hydrogen-bond acceptors (Lipinski definition) is 2. The first-order valence-corrected chi connectivity index (χ1v) is 7.37. The van der Waals surface area contributed by atoms with E-state index in [9.17, 15) is 18.3 Å². The van der Waals surface area contributed by atoms with Crippen LogP contribution in [0.15, 0.2) is 24.3 Å². The van der Waals surface area contributed by atoms with Crippen LogP contribution in [-0.4, -0.2) is 11.7 Å². The van der Waals surface area contributed by atoms with Crippen LogP contribution in [0.3, 0.4) is 0 Å². The molecule has 118 valence electrons. The van der Waals surface area contributed by atoms with Crippen LogP contribution in [-0.2, 0) is 6.18 Å². The minimum absolute atomic E-state index is 0.293. The van der Waals surface area contributed by atoms with Crippen LogP contribution in [0.5, 0.6) is 0 Å². The lowest BCUT2D eigenvalue weighted by Gasteiger charge is -2.34. The largest absolute Gasteiger partial charge is 0.416 e. The van der Waals surface area contributed by atoms with Crippen molar-refractivity contribution in [1.82, 2.24) is 0 Å². The van der Waals surface area contributed by atoms with Gasteiger partial charge in [-0.05, 0) is 42.9 Å². The van der Waals surface area contributed by atoms with Crippen LogP contribution in [0.2, 0.25) is 0 Å². The molecular weight excluding hydrogens is 279 g/mol. The van der Waals surface area contributed by atoms with Crippen LogP contribution in [0, 0.1) is 11.3 Å². The molecule has 3 N–H and O–H groups in total. The predicted octanol–water partition coefficient (Wildman–Crippen LogP) is 3.89. The summed E-state index contributed by atoms with van der Waals surface area (Å²) in [6.07, 6.45) is -1.81. The van der Waals surface area contributed by atoms with Crippen molar-refractivity contribution in [3.05, 3.63) is 35.4 Å². The summed E-state index contributed by atoms with van der Waals surface area (Å²) in [7, 11) is 0. The molecule has 0 spiro atoms. The molecule has 1 saturated carbocycles. The lowest BCUT2D eigenvalue weighted by molar-refractivity contribution is -0.137. The first kappa shape index (κ1) is 16.3. The Labute approximate surface area is 123 Å². The Balaban J connectivity index is 2.28. The molecule has 1 aliphatic rings. The molecule has 1 aromatic carbocycles. The van der Waals surface area contributed by atoms with Gasteiger partial charge in [-0.25, -0.2) is 0 Å². The van der Waals surface area contributed by atoms with Crippen molar-refractivity contribution in [2.24, 2.45) is 17.1 Å². The van der Waals surface area contributed by atoms with E-state index >= 15 is 0 Å². The van der Waals surface area contributed by atoms with Crippen LogP contribution in [0.4, 0.5) is 13.2 Å². The second-order valence-electron chi connectivity index (χ2n) is 6.11. The van der Waals surface area contributed by atoms with Gasteiger partial charge >= 0.3 is 6.18 Å². The van der Waals surface area contributed by atoms with Gasteiger partial charge in [0.25, 0.3) is 0 Å². The third-order valence-electron chi connectivity index (χ3n) is 4.84. The van der Waals surface area contributed by atoms with Crippen molar-refractivity contribution in [2.75, 3.05) is 6.54 Å². The third kappa shape index (κ3) is 3.24. The van der Waals surface area contributed by atoms with Crippen molar-refractivity contribution < 1.29 is 18.3 Å². The van der Waals surface area contributed by atoms with E-state index in [1.54, 1.807) is 6.07 Å². The van der Waals surface area contributed by atoms with E-state index < -0.39 is 23.3 Å². The van der Waals surface area contributed by atoms with Crippen molar-refractivity contribution >= 4 is 0 Å². The molecule has 2 nitrogen and oxygen atoms in total. The van der Waals surface area contributed by atoms with Gasteiger partial charge in [0.15, 0.2) is 0 Å². The summed E-state index contributed by atoms with van der Waals surface area (Å²) in [5, 5.41) is 10.6.